The van der Waals surface area contributed by atoms with Crippen molar-refractivity contribution in [2.75, 3.05) is 5.32 Å². The van der Waals surface area contributed by atoms with Crippen LogP contribution in [0.5, 0.6) is 0 Å². The molecular formula is C15H14FN3O. The van der Waals surface area contributed by atoms with Gasteiger partial charge in [-0.05, 0) is 30.7 Å². The molecule has 0 saturated carbocycles. The Balaban J connectivity index is 2.13. The Hall–Kier alpha value is -2.61. The molecule has 4 nitrogen and oxygen atoms in total. The molecular weight excluding hydrogens is 257 g/mol. The van der Waals surface area contributed by atoms with Crippen LogP contribution in [0.2, 0.25) is 0 Å². The molecule has 0 saturated heterocycles. The summed E-state index contributed by atoms with van der Waals surface area (Å²) in [6.07, 6.45) is 1.73. The highest BCUT2D eigenvalue weighted by molar-refractivity contribution is 5.42. The number of benzene rings is 1. The van der Waals surface area contributed by atoms with Gasteiger partial charge < -0.3 is 9.88 Å². The first-order valence-corrected chi connectivity index (χ1v) is 6.27. The molecule has 0 spiro atoms. The predicted octanol–water partition coefficient (Wildman–Crippen LogP) is 2.49. The molecule has 1 aromatic carbocycles. The van der Waals surface area contributed by atoms with Crippen molar-refractivity contribution in [1.82, 2.24) is 4.57 Å². The van der Waals surface area contributed by atoms with E-state index < -0.39 is 5.82 Å². The number of rotatable bonds is 4. The predicted molar refractivity (Wildman–Crippen MR) is 74.8 cm³/mol. The second kappa shape index (κ2) is 6.02. The second-order valence-corrected chi connectivity index (χ2v) is 4.32. The molecule has 0 fully saturated rings. The van der Waals surface area contributed by atoms with E-state index in [1.807, 2.05) is 13.0 Å². The quantitative estimate of drug-likeness (QED) is 0.929. The summed E-state index contributed by atoms with van der Waals surface area (Å²) in [5.41, 5.74) is 1.58. The van der Waals surface area contributed by atoms with Gasteiger partial charge in [0.25, 0.3) is 5.56 Å². The van der Waals surface area contributed by atoms with Gasteiger partial charge in [-0.15, -0.1) is 0 Å². The fraction of sp³-hybridized carbons (Fsp3) is 0.200. The monoisotopic (exact) mass is 271 g/mol. The van der Waals surface area contributed by atoms with Gasteiger partial charge in [0.2, 0.25) is 0 Å². The molecule has 0 amide bonds. The average molecular weight is 271 g/mol. The summed E-state index contributed by atoms with van der Waals surface area (Å²) in [4.78, 5) is 11.5. The summed E-state index contributed by atoms with van der Waals surface area (Å²) >= 11 is 0. The van der Waals surface area contributed by atoms with Crippen molar-refractivity contribution in [3.8, 4) is 6.07 Å². The van der Waals surface area contributed by atoms with Crippen LogP contribution in [0.25, 0.3) is 0 Å². The molecule has 0 radical (unpaired) electrons. The van der Waals surface area contributed by atoms with Gasteiger partial charge in [0.05, 0.1) is 11.3 Å². The Morgan fingerprint density at radius 1 is 1.35 bits per heavy atom. The van der Waals surface area contributed by atoms with Crippen molar-refractivity contribution in [2.45, 2.75) is 20.0 Å². The summed E-state index contributed by atoms with van der Waals surface area (Å²) in [6, 6.07) is 9.42. The summed E-state index contributed by atoms with van der Waals surface area (Å²) in [5.74, 6) is -0.518. The molecule has 5 heteroatoms. The Labute approximate surface area is 116 Å². The summed E-state index contributed by atoms with van der Waals surface area (Å²) in [5, 5.41) is 11.9. The largest absolute Gasteiger partial charge is 0.380 e. The zero-order valence-electron chi connectivity index (χ0n) is 11.1. The molecule has 1 heterocycles. The first kappa shape index (κ1) is 13.8. The maximum absolute atomic E-state index is 13.2. The van der Waals surface area contributed by atoms with Gasteiger partial charge in [-0.25, -0.2) is 4.39 Å². The lowest BCUT2D eigenvalue weighted by Gasteiger charge is -2.09. The molecule has 0 aliphatic carbocycles. The third-order valence-corrected chi connectivity index (χ3v) is 2.97. The topological polar surface area (TPSA) is 57.8 Å². The SMILES string of the molecule is CCn1cc(NCc2ccc(F)c(C#N)c2)ccc1=O. The molecule has 0 atom stereocenters. The van der Waals surface area contributed by atoms with Gasteiger partial charge in [0.1, 0.15) is 11.9 Å². The minimum absolute atomic E-state index is 0.0304. The number of hydrogen-bond acceptors (Lipinski definition) is 3. The smallest absolute Gasteiger partial charge is 0.250 e. The first-order valence-electron chi connectivity index (χ1n) is 6.27. The van der Waals surface area contributed by atoms with Crippen molar-refractivity contribution in [1.29, 1.82) is 5.26 Å². The van der Waals surface area contributed by atoms with Crippen LogP contribution in [0, 0.1) is 17.1 Å². The van der Waals surface area contributed by atoms with Crippen molar-refractivity contribution >= 4 is 5.69 Å². The van der Waals surface area contributed by atoms with Crippen molar-refractivity contribution < 1.29 is 4.39 Å². The van der Waals surface area contributed by atoms with Gasteiger partial charge in [-0.2, -0.15) is 5.26 Å². The Kier molecular flexibility index (Phi) is 4.16. The molecule has 20 heavy (non-hydrogen) atoms. The van der Waals surface area contributed by atoms with E-state index in [0.29, 0.717) is 13.1 Å². The number of hydrogen-bond donors (Lipinski definition) is 1. The molecule has 0 aliphatic heterocycles. The van der Waals surface area contributed by atoms with Crippen LogP contribution in [-0.2, 0) is 13.1 Å². The Bertz CT molecular complexity index is 716. The lowest BCUT2D eigenvalue weighted by atomic mass is 10.1. The van der Waals surface area contributed by atoms with E-state index >= 15 is 0 Å². The molecule has 0 bridgehead atoms. The van der Waals surface area contributed by atoms with Crippen LogP contribution in [0.4, 0.5) is 10.1 Å². The highest BCUT2D eigenvalue weighted by atomic mass is 19.1. The highest BCUT2D eigenvalue weighted by Gasteiger charge is 2.03. The minimum atomic E-state index is -0.518. The molecule has 0 unspecified atom stereocenters. The van der Waals surface area contributed by atoms with Crippen LogP contribution in [-0.4, -0.2) is 4.57 Å². The zero-order valence-corrected chi connectivity index (χ0v) is 11.1. The van der Waals surface area contributed by atoms with Gasteiger partial charge in [0.15, 0.2) is 0 Å². The van der Waals surface area contributed by atoms with Crippen LogP contribution in [0.15, 0.2) is 41.3 Å². The molecule has 2 aromatic rings. The second-order valence-electron chi connectivity index (χ2n) is 4.32. The van der Waals surface area contributed by atoms with Crippen LogP contribution < -0.4 is 10.9 Å². The van der Waals surface area contributed by atoms with Crippen LogP contribution in [0.1, 0.15) is 18.1 Å². The minimum Gasteiger partial charge on any atom is -0.380 e. The lowest BCUT2D eigenvalue weighted by Crippen LogP contribution is -2.17. The van der Waals surface area contributed by atoms with Gasteiger partial charge in [-0.1, -0.05) is 6.07 Å². The van der Waals surface area contributed by atoms with Crippen molar-refractivity contribution in [3.05, 3.63) is 63.8 Å². The fourth-order valence-corrected chi connectivity index (χ4v) is 1.86. The molecule has 1 aromatic heterocycles. The number of anilines is 1. The van der Waals surface area contributed by atoms with Gasteiger partial charge >= 0.3 is 0 Å². The van der Waals surface area contributed by atoms with Gasteiger partial charge in [-0.3, -0.25) is 4.79 Å². The maximum Gasteiger partial charge on any atom is 0.250 e. The zero-order chi connectivity index (χ0) is 14.5. The average Bonchev–Trinajstić information content (AvgIpc) is 2.47. The third kappa shape index (κ3) is 3.04. The molecule has 0 aliphatic rings. The number of aromatic nitrogens is 1. The van der Waals surface area contributed by atoms with Crippen molar-refractivity contribution in [3.63, 3.8) is 0 Å². The van der Waals surface area contributed by atoms with E-state index in [9.17, 15) is 9.18 Å². The van der Waals surface area contributed by atoms with E-state index in [-0.39, 0.29) is 11.1 Å². The Morgan fingerprint density at radius 2 is 2.15 bits per heavy atom. The lowest BCUT2D eigenvalue weighted by molar-refractivity contribution is 0.623. The maximum atomic E-state index is 13.2. The molecule has 1 N–H and O–H groups in total. The van der Waals surface area contributed by atoms with Crippen LogP contribution in [0.3, 0.4) is 0 Å². The van der Waals surface area contributed by atoms with E-state index in [1.165, 1.54) is 18.2 Å². The summed E-state index contributed by atoms with van der Waals surface area (Å²) in [6.45, 7) is 2.95. The molecule has 102 valence electrons. The number of pyridine rings is 1. The third-order valence-electron chi connectivity index (χ3n) is 2.97. The highest BCUT2D eigenvalue weighted by Crippen LogP contribution is 2.12. The number of nitrogens with zero attached hydrogens (tertiary/aromatic N) is 2. The van der Waals surface area contributed by atoms with Crippen molar-refractivity contribution in [2.24, 2.45) is 0 Å². The van der Waals surface area contributed by atoms with E-state index in [4.69, 9.17) is 5.26 Å². The Morgan fingerprint density at radius 3 is 2.85 bits per heavy atom. The number of nitrogens with one attached hydrogen (secondary N) is 1. The normalized spacial score (nSPS) is 10.1. The number of aryl methyl sites for hydroxylation is 1. The van der Waals surface area contributed by atoms with Crippen LogP contribution >= 0.6 is 0 Å². The number of halogens is 1. The van der Waals surface area contributed by atoms with E-state index in [0.717, 1.165) is 11.3 Å². The van der Waals surface area contributed by atoms with E-state index in [1.54, 1.807) is 22.9 Å². The van der Waals surface area contributed by atoms with Gasteiger partial charge in [0, 0.05) is 25.4 Å². The van der Waals surface area contributed by atoms with E-state index in [2.05, 4.69) is 5.32 Å². The number of nitriles is 1. The standard InChI is InChI=1S/C15H14FN3O/c1-2-19-10-13(4-6-15(19)20)18-9-11-3-5-14(16)12(7-11)8-17/h3-7,10,18H,2,9H2,1H3. The fourth-order valence-electron chi connectivity index (χ4n) is 1.86. The summed E-state index contributed by atoms with van der Waals surface area (Å²) in [7, 11) is 0. The molecule has 2 rings (SSSR count). The first-order chi connectivity index (χ1) is 9.63. The summed E-state index contributed by atoms with van der Waals surface area (Å²) < 4.78 is 14.8.